The van der Waals surface area contributed by atoms with Gasteiger partial charge in [0, 0.05) is 23.3 Å². The number of carbonyl (C=O) groups excluding carboxylic acids is 1. The Balaban J connectivity index is 0.000000505. The molecule has 0 atom stereocenters. The highest BCUT2D eigenvalue weighted by Gasteiger charge is 2.29. The molecule has 0 radical (unpaired) electrons. The molecule has 9 nitrogen and oxygen atoms in total. The molecule has 3 aromatic heterocycles. The van der Waals surface area contributed by atoms with Crippen LogP contribution in [-0.4, -0.2) is 51.4 Å². The number of alkyl halides is 3. The van der Waals surface area contributed by atoms with E-state index in [0.717, 1.165) is 48.0 Å². The van der Waals surface area contributed by atoms with Crippen molar-refractivity contribution in [2.24, 2.45) is 5.92 Å². The fourth-order valence-electron chi connectivity index (χ4n) is 4.55. The normalized spacial score (nSPS) is 17.8. The summed E-state index contributed by atoms with van der Waals surface area (Å²) in [6.45, 7) is 7.25. The van der Waals surface area contributed by atoms with Gasteiger partial charge in [-0.1, -0.05) is 24.3 Å². The summed E-state index contributed by atoms with van der Waals surface area (Å²) < 4.78 is 59.0. The molecule has 0 spiro atoms. The lowest BCUT2D eigenvalue weighted by Gasteiger charge is -2.28. The van der Waals surface area contributed by atoms with E-state index in [-0.39, 0.29) is 28.3 Å². The lowest BCUT2D eigenvalue weighted by molar-refractivity contribution is -0.156. The largest absolute Gasteiger partial charge is 0.446 e. The third-order valence-electron chi connectivity index (χ3n) is 6.33. The van der Waals surface area contributed by atoms with Crippen LogP contribution in [0.4, 0.5) is 18.9 Å². The maximum atomic E-state index is 12.9. The maximum Gasteiger partial charge on any atom is 0.446 e. The maximum absolute atomic E-state index is 12.9. The van der Waals surface area contributed by atoms with Crippen molar-refractivity contribution in [3.8, 4) is 11.3 Å². The average Bonchev–Trinajstić information content (AvgIpc) is 3.59. The summed E-state index contributed by atoms with van der Waals surface area (Å²) in [4.78, 5) is 24.0. The van der Waals surface area contributed by atoms with E-state index < -0.39 is 22.3 Å². The van der Waals surface area contributed by atoms with Gasteiger partial charge in [0.15, 0.2) is 9.84 Å². The number of benzene rings is 1. The van der Waals surface area contributed by atoms with Gasteiger partial charge in [-0.2, -0.15) is 18.3 Å². The minimum Gasteiger partial charge on any atom is -0.346 e. The number of aromatic nitrogens is 5. The molecule has 0 saturated heterocycles. The van der Waals surface area contributed by atoms with Gasteiger partial charge in [0.2, 0.25) is 12.0 Å². The Kier molecular flexibility index (Phi) is 7.91. The van der Waals surface area contributed by atoms with Crippen molar-refractivity contribution in [2.75, 3.05) is 5.75 Å². The monoisotopic (exact) mass is 544 g/mol. The highest BCUT2D eigenvalue weighted by molar-refractivity contribution is 7.91. The molecule has 0 amide bonds. The minimum atomic E-state index is -4.64. The molecule has 0 unspecified atom stereocenters. The zero-order valence-corrected chi connectivity index (χ0v) is 20.8. The lowest BCUT2D eigenvalue weighted by Crippen LogP contribution is -2.24. The molecule has 198 valence electrons. The van der Waals surface area contributed by atoms with E-state index in [4.69, 9.17) is 11.4 Å². The van der Waals surface area contributed by atoms with Gasteiger partial charge in [-0.05, 0) is 37.7 Å². The second-order valence-corrected chi connectivity index (χ2v) is 10.9. The van der Waals surface area contributed by atoms with Crippen LogP contribution in [-0.2, 0) is 14.6 Å². The van der Waals surface area contributed by atoms with Gasteiger partial charge in [0.05, 0.1) is 35.2 Å². The Bertz CT molecular complexity index is 1560. The van der Waals surface area contributed by atoms with Crippen LogP contribution in [0, 0.1) is 12.5 Å². The number of rotatable bonds is 5. The number of nitrogens with zero attached hydrogens (tertiary/aromatic N) is 5. The molecule has 5 rings (SSSR count). The van der Waals surface area contributed by atoms with Crippen molar-refractivity contribution in [3.05, 3.63) is 66.7 Å². The molecule has 13 heteroatoms. The Morgan fingerprint density at radius 3 is 2.53 bits per heavy atom. The summed E-state index contributed by atoms with van der Waals surface area (Å²) in [6, 6.07) is 8.66. The molecule has 0 aliphatic heterocycles. The topological polar surface area (TPSA) is 115 Å². The number of H-pyrrole nitrogens is 1. The van der Waals surface area contributed by atoms with Gasteiger partial charge < -0.3 is 4.98 Å². The predicted molar refractivity (Wildman–Crippen MR) is 133 cm³/mol. The van der Waals surface area contributed by atoms with E-state index in [1.165, 1.54) is 6.07 Å². The summed E-state index contributed by atoms with van der Waals surface area (Å²) in [6.07, 6.45) is 4.90. The number of sulfone groups is 1. The molecule has 3 heterocycles. The van der Waals surface area contributed by atoms with E-state index >= 15 is 0 Å². The van der Waals surface area contributed by atoms with E-state index in [1.54, 1.807) is 24.5 Å². The first-order valence-electron chi connectivity index (χ1n) is 11.7. The summed E-state index contributed by atoms with van der Waals surface area (Å²) in [5.41, 5.74) is 2.79. The Hall–Kier alpha value is -4.05. The number of aldehydes is 1. The lowest BCUT2D eigenvalue weighted by atomic mass is 9.87. The zero-order valence-electron chi connectivity index (χ0n) is 20.0. The molecular weight excluding hydrogens is 521 g/mol. The average molecular weight is 545 g/mol. The molecule has 1 aliphatic carbocycles. The summed E-state index contributed by atoms with van der Waals surface area (Å²) >= 11 is 0. The second-order valence-electron chi connectivity index (χ2n) is 8.87. The first kappa shape index (κ1) is 27.0. The SMILES string of the molecule is O=CC(F)(F)F.[C-]#[N+]c1ccccc1S(=O)(=O)CC1CCC(n2cc(-c3ncnc4[nH]ccc34)cn2)CC1. The number of hydrogen-bond donors (Lipinski definition) is 1. The van der Waals surface area contributed by atoms with Crippen LogP contribution in [0.3, 0.4) is 0 Å². The summed E-state index contributed by atoms with van der Waals surface area (Å²) in [5.74, 6) is 0.176. The number of carbonyl (C=O) groups is 1. The van der Waals surface area contributed by atoms with Crippen LogP contribution in [0.2, 0.25) is 0 Å². The van der Waals surface area contributed by atoms with Crippen LogP contribution in [0.15, 0.2) is 60.1 Å². The summed E-state index contributed by atoms with van der Waals surface area (Å²) in [5, 5.41) is 5.53. The van der Waals surface area contributed by atoms with Crippen molar-refractivity contribution in [1.29, 1.82) is 0 Å². The number of hydrogen-bond acceptors (Lipinski definition) is 6. The predicted octanol–water partition coefficient (Wildman–Crippen LogP) is 5.32. The third-order valence-corrected chi connectivity index (χ3v) is 8.25. The van der Waals surface area contributed by atoms with Crippen LogP contribution in [0.25, 0.3) is 27.1 Å². The number of fused-ring (bicyclic) bond motifs is 1. The van der Waals surface area contributed by atoms with Gasteiger partial charge in [-0.3, -0.25) is 9.48 Å². The van der Waals surface area contributed by atoms with Gasteiger partial charge in [0.25, 0.3) is 0 Å². The Morgan fingerprint density at radius 1 is 1.13 bits per heavy atom. The first-order valence-corrected chi connectivity index (χ1v) is 13.3. The Morgan fingerprint density at radius 2 is 1.84 bits per heavy atom. The quantitative estimate of drug-likeness (QED) is 0.268. The van der Waals surface area contributed by atoms with Crippen molar-refractivity contribution >= 4 is 32.8 Å². The van der Waals surface area contributed by atoms with E-state index in [1.807, 2.05) is 29.3 Å². The standard InChI is InChI=1S/C23H22N6O2S.C2HF3O/c1-24-20-4-2-3-5-21(20)32(30,31)14-16-6-8-18(9-7-16)29-13-17(12-28-29)22-19-10-11-25-23(19)27-15-26-22;3-2(4,5)1-6/h2-5,10-13,15-16,18H,6-9,14H2,(H,25,26,27);1H. The van der Waals surface area contributed by atoms with Gasteiger partial charge in [-0.15, -0.1) is 0 Å². The highest BCUT2D eigenvalue weighted by atomic mass is 32.2. The molecule has 1 aliphatic rings. The molecule has 38 heavy (non-hydrogen) atoms. The van der Waals surface area contributed by atoms with Gasteiger partial charge in [0.1, 0.15) is 12.0 Å². The number of nitrogens with one attached hydrogen (secondary N) is 1. The first-order chi connectivity index (χ1) is 18.1. The van der Waals surface area contributed by atoms with Crippen molar-refractivity contribution < 1.29 is 26.4 Å². The fourth-order valence-corrected chi connectivity index (χ4v) is 6.40. The minimum absolute atomic E-state index is 0.0863. The van der Waals surface area contributed by atoms with E-state index in [0.29, 0.717) is 0 Å². The van der Waals surface area contributed by atoms with Crippen LogP contribution < -0.4 is 0 Å². The molecular formula is C25H23F3N6O3S. The molecule has 0 bridgehead atoms. The van der Waals surface area contributed by atoms with E-state index in [2.05, 4.69) is 24.9 Å². The number of halogens is 3. The Labute approximate surface area is 216 Å². The number of para-hydroxylation sites is 1. The third kappa shape index (κ3) is 6.25. The zero-order chi connectivity index (χ0) is 27.3. The second kappa shape index (κ2) is 11.1. The van der Waals surface area contributed by atoms with Crippen LogP contribution >= 0.6 is 0 Å². The van der Waals surface area contributed by atoms with Gasteiger partial charge >= 0.3 is 6.18 Å². The van der Waals surface area contributed by atoms with E-state index in [9.17, 15) is 21.6 Å². The fraction of sp³-hybridized carbons (Fsp3) is 0.320. The molecule has 1 aromatic carbocycles. The number of aromatic amines is 1. The van der Waals surface area contributed by atoms with Gasteiger partial charge in [-0.25, -0.2) is 23.2 Å². The molecule has 1 fully saturated rings. The smallest absolute Gasteiger partial charge is 0.346 e. The van der Waals surface area contributed by atoms with Crippen molar-refractivity contribution in [1.82, 2.24) is 24.7 Å². The molecule has 4 aromatic rings. The highest BCUT2D eigenvalue weighted by Crippen LogP contribution is 2.36. The van der Waals surface area contributed by atoms with Crippen molar-refractivity contribution in [3.63, 3.8) is 0 Å². The van der Waals surface area contributed by atoms with Crippen LogP contribution in [0.5, 0.6) is 0 Å². The molecule has 1 saturated carbocycles. The van der Waals surface area contributed by atoms with Crippen molar-refractivity contribution in [2.45, 2.75) is 42.8 Å². The van der Waals surface area contributed by atoms with Crippen LogP contribution in [0.1, 0.15) is 31.7 Å². The molecule has 1 N–H and O–H groups in total. The summed E-state index contributed by atoms with van der Waals surface area (Å²) in [7, 11) is -3.49.